The monoisotopic (exact) mass is 353 g/mol. The Morgan fingerprint density at radius 1 is 1.23 bits per heavy atom. The van der Waals surface area contributed by atoms with Gasteiger partial charge < -0.3 is 14.0 Å². The van der Waals surface area contributed by atoms with E-state index in [4.69, 9.17) is 9.47 Å². The fraction of sp³-hybridized carbons (Fsp3) is 0.333. The number of carbonyl (C=O) groups excluding carboxylic acids is 2. The lowest BCUT2D eigenvalue weighted by Crippen LogP contribution is -2.20. The maximum absolute atomic E-state index is 12.5. The third kappa shape index (κ3) is 3.57. The molecular weight excluding hydrogens is 330 g/mol. The number of ketones is 1. The molecule has 2 aromatic rings. The van der Waals surface area contributed by atoms with E-state index in [0.717, 1.165) is 35.7 Å². The minimum absolute atomic E-state index is 0.148. The van der Waals surface area contributed by atoms with Gasteiger partial charge >= 0.3 is 5.97 Å². The number of para-hydroxylation sites is 1. The summed E-state index contributed by atoms with van der Waals surface area (Å²) in [4.78, 5) is 24.8. The topological polar surface area (TPSA) is 57.5 Å². The Balaban J connectivity index is 1.66. The van der Waals surface area contributed by atoms with Crippen LogP contribution in [0.15, 0.2) is 35.9 Å². The molecule has 1 aliphatic rings. The van der Waals surface area contributed by atoms with Gasteiger partial charge in [0.25, 0.3) is 0 Å². The Morgan fingerprint density at radius 3 is 2.77 bits per heavy atom. The number of esters is 1. The van der Waals surface area contributed by atoms with Crippen molar-refractivity contribution in [2.75, 3.05) is 13.2 Å². The highest BCUT2D eigenvalue weighted by atomic mass is 16.5. The van der Waals surface area contributed by atoms with Crippen LogP contribution >= 0.6 is 0 Å². The lowest BCUT2D eigenvalue weighted by atomic mass is 10.1. The predicted octanol–water partition coefficient (Wildman–Crippen LogP) is 3.72. The Bertz CT molecular complexity index is 876. The molecule has 0 aliphatic carbocycles. The first-order valence-electron chi connectivity index (χ1n) is 8.80. The summed E-state index contributed by atoms with van der Waals surface area (Å²) in [5.74, 6) is 0.0326. The van der Waals surface area contributed by atoms with Crippen LogP contribution in [0, 0.1) is 13.8 Å². The van der Waals surface area contributed by atoms with Gasteiger partial charge in [-0.1, -0.05) is 25.1 Å². The Hall–Kier alpha value is -2.82. The molecule has 136 valence electrons. The molecule has 0 unspecified atom stereocenters. The van der Waals surface area contributed by atoms with Crippen LogP contribution in [-0.4, -0.2) is 29.5 Å². The minimum Gasteiger partial charge on any atom is -0.488 e. The standard InChI is InChI=1S/C21H23NO4/c1-4-9-22-14(2)10-18(15(22)3)19(23)13-26-21(24)17-11-16-7-5-6-8-20(16)25-12-17/h5-8,10-11H,4,9,12-13H2,1-3H3. The number of aromatic nitrogens is 1. The lowest BCUT2D eigenvalue weighted by Gasteiger charge is -2.16. The Kier molecular flexibility index (Phi) is 5.26. The normalized spacial score (nSPS) is 12.8. The van der Waals surface area contributed by atoms with Crippen LogP contribution in [-0.2, 0) is 16.1 Å². The maximum Gasteiger partial charge on any atom is 0.337 e. The van der Waals surface area contributed by atoms with E-state index < -0.39 is 5.97 Å². The first-order valence-corrected chi connectivity index (χ1v) is 8.80. The van der Waals surface area contributed by atoms with Crippen molar-refractivity contribution in [3.63, 3.8) is 0 Å². The first-order chi connectivity index (χ1) is 12.5. The molecule has 1 aromatic carbocycles. The molecule has 0 bridgehead atoms. The third-order valence-corrected chi connectivity index (χ3v) is 4.55. The van der Waals surface area contributed by atoms with Crippen molar-refractivity contribution in [3.05, 3.63) is 58.4 Å². The molecule has 0 N–H and O–H groups in total. The third-order valence-electron chi connectivity index (χ3n) is 4.55. The quantitative estimate of drug-likeness (QED) is 0.587. The van der Waals surface area contributed by atoms with Crippen molar-refractivity contribution in [3.8, 4) is 5.75 Å². The van der Waals surface area contributed by atoms with Gasteiger partial charge in [0.1, 0.15) is 12.4 Å². The fourth-order valence-electron chi connectivity index (χ4n) is 3.19. The molecule has 3 rings (SSSR count). The van der Waals surface area contributed by atoms with Gasteiger partial charge in [-0.2, -0.15) is 0 Å². The molecule has 5 heteroatoms. The summed E-state index contributed by atoms with van der Waals surface area (Å²) in [6, 6.07) is 9.34. The van der Waals surface area contributed by atoms with E-state index in [-0.39, 0.29) is 19.0 Å². The van der Waals surface area contributed by atoms with Crippen LogP contribution in [0.2, 0.25) is 0 Å². The summed E-state index contributed by atoms with van der Waals surface area (Å²) in [5, 5.41) is 0. The largest absolute Gasteiger partial charge is 0.488 e. The zero-order valence-corrected chi connectivity index (χ0v) is 15.4. The number of ether oxygens (including phenoxy) is 2. The van der Waals surface area contributed by atoms with Crippen molar-refractivity contribution < 1.29 is 19.1 Å². The second-order valence-corrected chi connectivity index (χ2v) is 6.43. The van der Waals surface area contributed by atoms with Gasteiger partial charge in [0.2, 0.25) is 5.78 Å². The number of nitrogens with zero attached hydrogens (tertiary/aromatic N) is 1. The van der Waals surface area contributed by atoms with Gasteiger partial charge in [-0.3, -0.25) is 4.79 Å². The molecule has 0 fully saturated rings. The summed E-state index contributed by atoms with van der Waals surface area (Å²) in [6.45, 7) is 6.75. The van der Waals surface area contributed by atoms with E-state index in [1.165, 1.54) is 0 Å². The zero-order valence-electron chi connectivity index (χ0n) is 15.4. The van der Waals surface area contributed by atoms with Gasteiger partial charge in [-0.25, -0.2) is 4.79 Å². The molecule has 0 amide bonds. The first kappa shape index (κ1) is 18.0. The summed E-state index contributed by atoms with van der Waals surface area (Å²) in [7, 11) is 0. The highest BCUT2D eigenvalue weighted by Gasteiger charge is 2.21. The maximum atomic E-state index is 12.5. The number of aryl methyl sites for hydroxylation is 1. The van der Waals surface area contributed by atoms with Crippen LogP contribution in [0.3, 0.4) is 0 Å². The summed E-state index contributed by atoms with van der Waals surface area (Å²) < 4.78 is 12.9. The second-order valence-electron chi connectivity index (χ2n) is 6.43. The number of fused-ring (bicyclic) bond motifs is 1. The second kappa shape index (κ2) is 7.60. The molecule has 0 atom stereocenters. The summed E-state index contributed by atoms with van der Waals surface area (Å²) >= 11 is 0. The minimum atomic E-state index is -0.518. The molecular formula is C21H23NO4. The smallest absolute Gasteiger partial charge is 0.337 e. The Labute approximate surface area is 153 Å². The van der Waals surface area contributed by atoms with Crippen molar-refractivity contribution in [2.45, 2.75) is 33.7 Å². The van der Waals surface area contributed by atoms with E-state index in [1.807, 2.05) is 44.2 Å². The molecule has 0 spiro atoms. The van der Waals surface area contributed by atoms with Crippen molar-refractivity contribution in [1.29, 1.82) is 0 Å². The number of benzene rings is 1. The highest BCUT2D eigenvalue weighted by Crippen LogP contribution is 2.26. The lowest BCUT2D eigenvalue weighted by molar-refractivity contribution is -0.138. The van der Waals surface area contributed by atoms with E-state index in [0.29, 0.717) is 11.1 Å². The average Bonchev–Trinajstić information content (AvgIpc) is 2.94. The van der Waals surface area contributed by atoms with E-state index in [9.17, 15) is 9.59 Å². The van der Waals surface area contributed by atoms with Gasteiger partial charge in [-0.05, 0) is 38.5 Å². The van der Waals surface area contributed by atoms with Crippen LogP contribution in [0.25, 0.3) is 6.08 Å². The number of hydrogen-bond acceptors (Lipinski definition) is 4. The van der Waals surface area contributed by atoms with Crippen molar-refractivity contribution in [1.82, 2.24) is 4.57 Å². The van der Waals surface area contributed by atoms with Crippen molar-refractivity contribution in [2.24, 2.45) is 0 Å². The van der Waals surface area contributed by atoms with Crippen LogP contribution in [0.1, 0.15) is 40.7 Å². The predicted molar refractivity (Wildman–Crippen MR) is 99.4 cm³/mol. The number of Topliss-reactive ketones (excluding diaryl/α,β-unsaturated/α-hetero) is 1. The highest BCUT2D eigenvalue weighted by molar-refractivity contribution is 6.01. The van der Waals surface area contributed by atoms with Crippen LogP contribution < -0.4 is 4.74 Å². The molecule has 1 aromatic heterocycles. The molecule has 0 radical (unpaired) electrons. The van der Waals surface area contributed by atoms with E-state index in [1.54, 1.807) is 6.08 Å². The summed E-state index contributed by atoms with van der Waals surface area (Å²) in [5.41, 5.74) is 3.81. The van der Waals surface area contributed by atoms with Gasteiger partial charge in [0.05, 0.1) is 5.57 Å². The van der Waals surface area contributed by atoms with E-state index in [2.05, 4.69) is 11.5 Å². The SMILES string of the molecule is CCCn1c(C)cc(C(=O)COC(=O)C2=Cc3ccccc3OC2)c1C. The Morgan fingerprint density at radius 2 is 2.00 bits per heavy atom. The van der Waals surface area contributed by atoms with Crippen LogP contribution in [0.5, 0.6) is 5.75 Å². The number of rotatable bonds is 6. The zero-order chi connectivity index (χ0) is 18.7. The molecule has 1 aliphatic heterocycles. The van der Waals surface area contributed by atoms with Gasteiger partial charge in [-0.15, -0.1) is 0 Å². The van der Waals surface area contributed by atoms with E-state index >= 15 is 0 Å². The fourth-order valence-corrected chi connectivity index (χ4v) is 3.19. The van der Waals surface area contributed by atoms with Gasteiger partial charge in [0.15, 0.2) is 6.61 Å². The molecule has 5 nitrogen and oxygen atoms in total. The number of hydrogen-bond donors (Lipinski definition) is 0. The van der Waals surface area contributed by atoms with Crippen LogP contribution in [0.4, 0.5) is 0 Å². The summed E-state index contributed by atoms with van der Waals surface area (Å²) in [6.07, 6.45) is 2.74. The number of carbonyl (C=O) groups is 2. The molecule has 26 heavy (non-hydrogen) atoms. The van der Waals surface area contributed by atoms with Gasteiger partial charge in [0, 0.05) is 29.1 Å². The molecule has 0 saturated heterocycles. The molecule has 0 saturated carbocycles. The average molecular weight is 353 g/mol. The van der Waals surface area contributed by atoms with Crippen molar-refractivity contribution >= 4 is 17.8 Å². The molecule has 2 heterocycles.